The summed E-state index contributed by atoms with van der Waals surface area (Å²) >= 11 is 5.80. The van der Waals surface area contributed by atoms with Crippen LogP contribution in [0.2, 0.25) is 5.02 Å². The van der Waals surface area contributed by atoms with Crippen LogP contribution in [0.1, 0.15) is 19.3 Å². The number of anilines is 2. The van der Waals surface area contributed by atoms with Gasteiger partial charge in [-0.1, -0.05) is 11.6 Å². The van der Waals surface area contributed by atoms with Gasteiger partial charge in [0.25, 0.3) is 10.0 Å². The van der Waals surface area contributed by atoms with Crippen LogP contribution in [0.3, 0.4) is 0 Å². The van der Waals surface area contributed by atoms with E-state index in [0.717, 1.165) is 32.4 Å². The van der Waals surface area contributed by atoms with E-state index >= 15 is 0 Å². The van der Waals surface area contributed by atoms with Crippen LogP contribution >= 0.6 is 11.6 Å². The third-order valence-corrected chi connectivity index (χ3v) is 5.80. The summed E-state index contributed by atoms with van der Waals surface area (Å²) in [7, 11) is -3.71. The fourth-order valence-corrected chi connectivity index (χ4v) is 3.93. The summed E-state index contributed by atoms with van der Waals surface area (Å²) in [6, 6.07) is 12.3. The number of nitrogens with one attached hydrogen (secondary N) is 2. The highest BCUT2D eigenvalue weighted by Gasteiger charge is 2.17. The fourth-order valence-electron chi connectivity index (χ4n) is 2.75. The van der Waals surface area contributed by atoms with Gasteiger partial charge in [0.1, 0.15) is 0 Å². The Kier molecular flexibility index (Phi) is 5.68. The third kappa shape index (κ3) is 4.68. The normalized spacial score (nSPS) is 14.7. The zero-order chi connectivity index (χ0) is 18.6. The number of rotatable bonds is 4. The SMILES string of the molecule is O=C(Nc1ccc(S(=O)(=O)Nc2ccc(Cl)cc2)cc1)N1CCCCC1. The molecule has 3 rings (SSSR count). The lowest BCUT2D eigenvalue weighted by Gasteiger charge is -2.26. The standard InChI is InChI=1S/C18H20ClN3O3S/c19-14-4-6-16(7-5-14)21-26(24,25)17-10-8-15(9-11-17)20-18(23)22-12-2-1-3-13-22/h4-11,21H,1-3,12-13H2,(H,20,23). The molecule has 0 spiro atoms. The molecule has 1 aliphatic heterocycles. The topological polar surface area (TPSA) is 78.5 Å². The van der Waals surface area contributed by atoms with Gasteiger partial charge in [-0.2, -0.15) is 0 Å². The van der Waals surface area contributed by atoms with Crippen molar-refractivity contribution >= 4 is 39.0 Å². The van der Waals surface area contributed by atoms with Gasteiger partial charge < -0.3 is 10.2 Å². The number of carbonyl (C=O) groups excluding carboxylic acids is 1. The summed E-state index contributed by atoms with van der Waals surface area (Å²) in [6.45, 7) is 1.51. The Bertz CT molecular complexity index is 862. The van der Waals surface area contributed by atoms with Crippen molar-refractivity contribution in [2.24, 2.45) is 0 Å². The molecule has 1 heterocycles. The van der Waals surface area contributed by atoms with Crippen LogP contribution in [0.5, 0.6) is 0 Å². The summed E-state index contributed by atoms with van der Waals surface area (Å²) in [6.07, 6.45) is 3.18. The van der Waals surface area contributed by atoms with Crippen molar-refractivity contribution in [1.29, 1.82) is 0 Å². The van der Waals surface area contributed by atoms with Crippen LogP contribution in [0, 0.1) is 0 Å². The first-order chi connectivity index (χ1) is 12.4. The summed E-state index contributed by atoms with van der Waals surface area (Å²) in [5.41, 5.74) is 0.989. The van der Waals surface area contributed by atoms with Gasteiger partial charge in [-0.3, -0.25) is 4.72 Å². The molecule has 2 amide bonds. The number of halogens is 1. The number of likely N-dealkylation sites (tertiary alicyclic amines) is 1. The Labute approximate surface area is 158 Å². The van der Waals surface area contributed by atoms with E-state index in [0.29, 0.717) is 16.4 Å². The van der Waals surface area contributed by atoms with E-state index in [1.54, 1.807) is 41.3 Å². The van der Waals surface area contributed by atoms with E-state index in [1.165, 1.54) is 12.1 Å². The van der Waals surface area contributed by atoms with Crippen molar-refractivity contribution in [1.82, 2.24) is 4.90 Å². The molecule has 2 aromatic carbocycles. The van der Waals surface area contributed by atoms with Gasteiger partial charge in [0, 0.05) is 29.5 Å². The van der Waals surface area contributed by atoms with Gasteiger partial charge >= 0.3 is 6.03 Å². The first-order valence-corrected chi connectivity index (χ1v) is 10.2. The molecule has 138 valence electrons. The number of hydrogen-bond donors (Lipinski definition) is 2. The number of carbonyl (C=O) groups is 1. The van der Waals surface area contributed by atoms with Crippen LogP contribution in [-0.4, -0.2) is 32.4 Å². The van der Waals surface area contributed by atoms with Crippen LogP contribution < -0.4 is 10.0 Å². The fraction of sp³-hybridized carbons (Fsp3) is 0.278. The average molecular weight is 394 g/mol. The first kappa shape index (κ1) is 18.5. The second-order valence-corrected chi connectivity index (χ2v) is 8.23. The Hall–Kier alpha value is -2.25. The molecule has 8 heteroatoms. The largest absolute Gasteiger partial charge is 0.325 e. The number of urea groups is 1. The van der Waals surface area contributed by atoms with E-state index in [-0.39, 0.29) is 10.9 Å². The number of hydrogen-bond acceptors (Lipinski definition) is 3. The summed E-state index contributed by atoms with van der Waals surface area (Å²) in [5.74, 6) is 0. The minimum absolute atomic E-state index is 0.114. The van der Waals surface area contributed by atoms with Gasteiger partial charge in [0.15, 0.2) is 0 Å². The van der Waals surface area contributed by atoms with Crippen LogP contribution in [0.15, 0.2) is 53.4 Å². The predicted octanol–water partition coefficient (Wildman–Crippen LogP) is 4.16. The molecule has 1 saturated heterocycles. The Balaban J connectivity index is 1.66. The Morgan fingerprint density at radius 1 is 0.885 bits per heavy atom. The monoisotopic (exact) mass is 393 g/mol. The smallest absolute Gasteiger partial charge is 0.321 e. The van der Waals surface area contributed by atoms with E-state index in [4.69, 9.17) is 11.6 Å². The van der Waals surface area contributed by atoms with Crippen LogP contribution in [-0.2, 0) is 10.0 Å². The molecule has 0 bridgehead atoms. The Morgan fingerprint density at radius 2 is 1.46 bits per heavy atom. The molecule has 0 radical (unpaired) electrons. The van der Waals surface area contributed by atoms with Gasteiger partial charge in [-0.25, -0.2) is 13.2 Å². The molecular formula is C18H20ClN3O3S. The highest BCUT2D eigenvalue weighted by Crippen LogP contribution is 2.20. The molecule has 0 unspecified atom stereocenters. The molecule has 26 heavy (non-hydrogen) atoms. The molecule has 2 N–H and O–H groups in total. The van der Waals surface area contributed by atoms with Gasteiger partial charge in [-0.15, -0.1) is 0 Å². The molecular weight excluding hydrogens is 374 g/mol. The van der Waals surface area contributed by atoms with Gasteiger partial charge in [0.05, 0.1) is 4.90 Å². The number of sulfonamides is 1. The minimum Gasteiger partial charge on any atom is -0.325 e. The lowest BCUT2D eigenvalue weighted by atomic mass is 10.1. The van der Waals surface area contributed by atoms with Crippen molar-refractivity contribution in [2.75, 3.05) is 23.1 Å². The molecule has 0 saturated carbocycles. The molecule has 0 aromatic heterocycles. The van der Waals surface area contributed by atoms with E-state index in [2.05, 4.69) is 10.0 Å². The molecule has 6 nitrogen and oxygen atoms in total. The van der Waals surface area contributed by atoms with E-state index in [9.17, 15) is 13.2 Å². The number of nitrogens with zero attached hydrogens (tertiary/aromatic N) is 1. The van der Waals surface area contributed by atoms with E-state index in [1.807, 2.05) is 0 Å². The second kappa shape index (κ2) is 7.97. The van der Waals surface area contributed by atoms with Crippen LogP contribution in [0.25, 0.3) is 0 Å². The third-order valence-electron chi connectivity index (χ3n) is 4.16. The van der Waals surface area contributed by atoms with Crippen molar-refractivity contribution in [3.05, 3.63) is 53.6 Å². The maximum absolute atomic E-state index is 12.4. The van der Waals surface area contributed by atoms with Gasteiger partial charge in [-0.05, 0) is 67.8 Å². The minimum atomic E-state index is -3.71. The average Bonchev–Trinajstić information content (AvgIpc) is 2.64. The highest BCUT2D eigenvalue weighted by molar-refractivity contribution is 7.92. The number of benzene rings is 2. The lowest BCUT2D eigenvalue weighted by molar-refractivity contribution is 0.200. The molecule has 0 atom stereocenters. The summed E-state index contributed by atoms with van der Waals surface area (Å²) in [4.78, 5) is 14.1. The van der Waals surface area contributed by atoms with Gasteiger partial charge in [0.2, 0.25) is 0 Å². The van der Waals surface area contributed by atoms with E-state index < -0.39 is 10.0 Å². The molecule has 1 fully saturated rings. The summed E-state index contributed by atoms with van der Waals surface area (Å²) < 4.78 is 27.3. The molecule has 1 aliphatic rings. The van der Waals surface area contributed by atoms with Crippen molar-refractivity contribution in [2.45, 2.75) is 24.2 Å². The van der Waals surface area contributed by atoms with Crippen LogP contribution in [0.4, 0.5) is 16.2 Å². The number of piperidine rings is 1. The highest BCUT2D eigenvalue weighted by atomic mass is 35.5. The van der Waals surface area contributed by atoms with Crippen molar-refractivity contribution in [3.63, 3.8) is 0 Å². The zero-order valence-electron chi connectivity index (χ0n) is 14.1. The zero-order valence-corrected chi connectivity index (χ0v) is 15.7. The first-order valence-electron chi connectivity index (χ1n) is 8.38. The summed E-state index contributed by atoms with van der Waals surface area (Å²) in [5, 5.41) is 3.33. The second-order valence-electron chi connectivity index (χ2n) is 6.11. The predicted molar refractivity (Wildman–Crippen MR) is 103 cm³/mol. The van der Waals surface area contributed by atoms with Crippen molar-refractivity contribution < 1.29 is 13.2 Å². The molecule has 0 aliphatic carbocycles. The maximum atomic E-state index is 12.4. The molecule has 2 aromatic rings. The quantitative estimate of drug-likeness (QED) is 0.818. The van der Waals surface area contributed by atoms with Crippen molar-refractivity contribution in [3.8, 4) is 0 Å². The Morgan fingerprint density at radius 3 is 2.08 bits per heavy atom. The lowest BCUT2D eigenvalue weighted by Crippen LogP contribution is -2.38. The maximum Gasteiger partial charge on any atom is 0.321 e. The number of amides is 2.